The van der Waals surface area contributed by atoms with Crippen LogP contribution >= 0.6 is 0 Å². The van der Waals surface area contributed by atoms with Crippen LogP contribution in [-0.4, -0.2) is 18.9 Å². The van der Waals surface area contributed by atoms with Crippen molar-refractivity contribution in [3.63, 3.8) is 0 Å². The van der Waals surface area contributed by atoms with E-state index < -0.39 is 0 Å². The molecule has 1 saturated heterocycles. The van der Waals surface area contributed by atoms with E-state index in [0.717, 1.165) is 31.5 Å². The third-order valence-electron chi connectivity index (χ3n) is 3.95. The fourth-order valence-corrected chi connectivity index (χ4v) is 2.59. The van der Waals surface area contributed by atoms with Gasteiger partial charge in [-0.2, -0.15) is 0 Å². The molecule has 19 heavy (non-hydrogen) atoms. The van der Waals surface area contributed by atoms with Crippen LogP contribution in [0.25, 0.3) is 0 Å². The molecule has 0 bridgehead atoms. The number of carbonyl (C=O) groups is 1. The Morgan fingerprint density at radius 3 is 2.47 bits per heavy atom. The highest BCUT2D eigenvalue weighted by molar-refractivity contribution is 5.83. The second-order valence-corrected chi connectivity index (χ2v) is 6.63. The van der Waals surface area contributed by atoms with Crippen LogP contribution in [0.2, 0.25) is 0 Å². The molecule has 2 nitrogen and oxygen atoms in total. The van der Waals surface area contributed by atoms with Crippen molar-refractivity contribution < 1.29 is 4.79 Å². The molecule has 2 rings (SSSR count). The molecular formula is C17H25NO. The molecule has 0 amide bonds. The van der Waals surface area contributed by atoms with Crippen molar-refractivity contribution in [2.75, 3.05) is 13.1 Å². The number of benzene rings is 1. The van der Waals surface area contributed by atoms with Crippen LogP contribution in [0.15, 0.2) is 24.3 Å². The molecule has 1 fully saturated rings. The van der Waals surface area contributed by atoms with Crippen LogP contribution in [0.3, 0.4) is 0 Å². The second-order valence-electron chi connectivity index (χ2n) is 6.63. The maximum absolute atomic E-state index is 12.2. The Balaban J connectivity index is 1.97. The zero-order valence-corrected chi connectivity index (χ0v) is 12.3. The van der Waals surface area contributed by atoms with Gasteiger partial charge < -0.3 is 5.32 Å². The van der Waals surface area contributed by atoms with Crippen molar-refractivity contribution in [2.24, 2.45) is 5.92 Å². The lowest BCUT2D eigenvalue weighted by Crippen LogP contribution is -2.35. The van der Waals surface area contributed by atoms with Crippen molar-refractivity contribution in [1.82, 2.24) is 5.32 Å². The van der Waals surface area contributed by atoms with Gasteiger partial charge in [0.25, 0.3) is 0 Å². The van der Waals surface area contributed by atoms with Crippen molar-refractivity contribution in [1.29, 1.82) is 0 Å². The Morgan fingerprint density at radius 2 is 1.95 bits per heavy atom. The molecule has 1 N–H and O–H groups in total. The first-order chi connectivity index (χ1) is 8.97. The Bertz CT molecular complexity index is 422. The smallest absolute Gasteiger partial charge is 0.141 e. The standard InChI is InChI=1S/C17H25NO/c1-17(2,3)15-8-6-13(7-9-15)11-16(19)14-5-4-10-18-12-14/h6-9,14,18H,4-5,10-12H2,1-3H3. The quantitative estimate of drug-likeness (QED) is 0.903. The van der Waals surface area contributed by atoms with Gasteiger partial charge in [0.2, 0.25) is 0 Å². The zero-order chi connectivity index (χ0) is 13.9. The lowest BCUT2D eigenvalue weighted by Gasteiger charge is -2.22. The third-order valence-corrected chi connectivity index (χ3v) is 3.95. The minimum Gasteiger partial charge on any atom is -0.316 e. The highest BCUT2D eigenvalue weighted by atomic mass is 16.1. The summed E-state index contributed by atoms with van der Waals surface area (Å²) in [6.45, 7) is 8.55. The molecule has 0 aliphatic carbocycles. The first-order valence-corrected chi connectivity index (χ1v) is 7.29. The number of Topliss-reactive ketones (excluding diaryl/α,β-unsaturated/α-hetero) is 1. The average molecular weight is 259 g/mol. The molecule has 0 spiro atoms. The Morgan fingerprint density at radius 1 is 1.26 bits per heavy atom. The van der Waals surface area contributed by atoms with Crippen LogP contribution in [0, 0.1) is 5.92 Å². The minimum atomic E-state index is 0.176. The van der Waals surface area contributed by atoms with Crippen molar-refractivity contribution in [2.45, 2.75) is 45.4 Å². The van der Waals surface area contributed by atoms with E-state index in [0.29, 0.717) is 12.2 Å². The van der Waals surface area contributed by atoms with E-state index in [9.17, 15) is 4.79 Å². The Kier molecular flexibility index (Phi) is 4.41. The van der Waals surface area contributed by atoms with Gasteiger partial charge in [-0.3, -0.25) is 4.79 Å². The van der Waals surface area contributed by atoms with Crippen LogP contribution in [0.1, 0.15) is 44.7 Å². The molecule has 1 atom stereocenters. The van der Waals surface area contributed by atoms with Crippen LogP contribution in [-0.2, 0) is 16.6 Å². The number of hydrogen-bond donors (Lipinski definition) is 1. The summed E-state index contributed by atoms with van der Waals surface area (Å²) in [7, 11) is 0. The summed E-state index contributed by atoms with van der Waals surface area (Å²) in [5, 5.41) is 3.31. The fourth-order valence-electron chi connectivity index (χ4n) is 2.59. The van der Waals surface area contributed by atoms with E-state index in [2.05, 4.69) is 50.4 Å². The number of rotatable bonds is 3. The molecule has 0 aromatic heterocycles. The first kappa shape index (κ1) is 14.3. The van der Waals surface area contributed by atoms with Crippen LogP contribution < -0.4 is 5.32 Å². The van der Waals surface area contributed by atoms with Gasteiger partial charge >= 0.3 is 0 Å². The van der Waals surface area contributed by atoms with E-state index in [1.54, 1.807) is 0 Å². The third kappa shape index (κ3) is 3.90. The summed E-state index contributed by atoms with van der Waals surface area (Å²) in [6, 6.07) is 8.52. The topological polar surface area (TPSA) is 29.1 Å². The predicted octanol–water partition coefficient (Wildman–Crippen LogP) is 3.10. The van der Waals surface area contributed by atoms with Gasteiger partial charge in [-0.1, -0.05) is 45.0 Å². The van der Waals surface area contributed by atoms with Gasteiger partial charge in [0.15, 0.2) is 0 Å². The molecule has 1 aromatic rings. The molecule has 1 aromatic carbocycles. The summed E-state index contributed by atoms with van der Waals surface area (Å²) in [5.74, 6) is 0.603. The summed E-state index contributed by atoms with van der Waals surface area (Å²) >= 11 is 0. The molecular weight excluding hydrogens is 234 g/mol. The molecule has 104 valence electrons. The van der Waals surface area contributed by atoms with Gasteiger partial charge in [0.1, 0.15) is 5.78 Å². The molecule has 1 aliphatic rings. The largest absolute Gasteiger partial charge is 0.316 e. The van der Waals surface area contributed by atoms with E-state index in [1.807, 2.05) is 0 Å². The monoisotopic (exact) mass is 259 g/mol. The van der Waals surface area contributed by atoms with Gasteiger partial charge in [-0.15, -0.1) is 0 Å². The number of piperidine rings is 1. The Labute approximate surface area is 116 Å². The summed E-state index contributed by atoms with van der Waals surface area (Å²) < 4.78 is 0. The maximum Gasteiger partial charge on any atom is 0.141 e. The second kappa shape index (κ2) is 5.87. The number of ketones is 1. The van der Waals surface area contributed by atoms with Gasteiger partial charge in [0, 0.05) is 18.9 Å². The zero-order valence-electron chi connectivity index (χ0n) is 12.3. The maximum atomic E-state index is 12.2. The normalized spacial score (nSPS) is 20.3. The first-order valence-electron chi connectivity index (χ1n) is 7.29. The summed E-state index contributed by atoms with van der Waals surface area (Å²) in [6.07, 6.45) is 2.75. The minimum absolute atomic E-state index is 0.176. The molecule has 0 radical (unpaired) electrons. The summed E-state index contributed by atoms with van der Waals surface area (Å²) in [4.78, 5) is 12.2. The van der Waals surface area contributed by atoms with Crippen LogP contribution in [0.5, 0.6) is 0 Å². The Hall–Kier alpha value is -1.15. The summed E-state index contributed by atoms with van der Waals surface area (Å²) in [5.41, 5.74) is 2.64. The highest BCUT2D eigenvalue weighted by Gasteiger charge is 2.21. The van der Waals surface area contributed by atoms with Gasteiger partial charge in [-0.05, 0) is 35.9 Å². The van der Waals surface area contributed by atoms with Crippen molar-refractivity contribution in [3.05, 3.63) is 35.4 Å². The van der Waals surface area contributed by atoms with E-state index in [1.165, 1.54) is 5.56 Å². The number of hydrogen-bond acceptors (Lipinski definition) is 2. The predicted molar refractivity (Wildman–Crippen MR) is 79.4 cm³/mol. The van der Waals surface area contributed by atoms with Crippen molar-refractivity contribution in [3.8, 4) is 0 Å². The van der Waals surface area contributed by atoms with Gasteiger partial charge in [-0.25, -0.2) is 0 Å². The lowest BCUT2D eigenvalue weighted by molar-refractivity contribution is -0.122. The van der Waals surface area contributed by atoms with Crippen LogP contribution in [0.4, 0.5) is 0 Å². The fraction of sp³-hybridized carbons (Fsp3) is 0.588. The molecule has 2 heteroatoms. The molecule has 1 unspecified atom stereocenters. The number of nitrogens with one attached hydrogen (secondary N) is 1. The van der Waals surface area contributed by atoms with E-state index >= 15 is 0 Å². The van der Waals surface area contributed by atoms with E-state index in [-0.39, 0.29) is 11.3 Å². The molecule has 1 aliphatic heterocycles. The van der Waals surface area contributed by atoms with E-state index in [4.69, 9.17) is 0 Å². The molecule has 0 saturated carbocycles. The van der Waals surface area contributed by atoms with Gasteiger partial charge in [0.05, 0.1) is 0 Å². The number of carbonyl (C=O) groups excluding carboxylic acids is 1. The average Bonchev–Trinajstić information content (AvgIpc) is 2.39. The molecule has 1 heterocycles. The highest BCUT2D eigenvalue weighted by Crippen LogP contribution is 2.23. The SMILES string of the molecule is CC(C)(C)c1ccc(CC(=O)C2CCCNC2)cc1. The van der Waals surface area contributed by atoms with Crippen molar-refractivity contribution >= 4 is 5.78 Å². The lowest BCUT2D eigenvalue weighted by atomic mass is 9.86.